The van der Waals surface area contributed by atoms with Crippen molar-refractivity contribution in [3.63, 3.8) is 0 Å². The molecule has 1 N–H and O–H groups in total. The summed E-state index contributed by atoms with van der Waals surface area (Å²) in [6.45, 7) is 3.14. The van der Waals surface area contributed by atoms with Crippen LogP contribution >= 0.6 is 11.6 Å². The van der Waals surface area contributed by atoms with E-state index in [4.69, 9.17) is 16.7 Å². The summed E-state index contributed by atoms with van der Waals surface area (Å²) in [5.41, 5.74) is 0.422. The van der Waals surface area contributed by atoms with Crippen LogP contribution in [0.25, 0.3) is 0 Å². The van der Waals surface area contributed by atoms with Crippen LogP contribution < -0.4 is 0 Å². The largest absolute Gasteiger partial charge is 0.480 e. The van der Waals surface area contributed by atoms with Gasteiger partial charge in [0.2, 0.25) is 0 Å². The van der Waals surface area contributed by atoms with Crippen molar-refractivity contribution in [1.82, 2.24) is 0 Å². The van der Waals surface area contributed by atoms with E-state index in [9.17, 15) is 13.2 Å². The van der Waals surface area contributed by atoms with Crippen molar-refractivity contribution in [2.75, 3.05) is 0 Å². The van der Waals surface area contributed by atoms with Gasteiger partial charge in [-0.2, -0.15) is 0 Å². The first kappa shape index (κ1) is 15.0. The number of aliphatic carboxylic acids is 1. The van der Waals surface area contributed by atoms with Crippen molar-refractivity contribution in [1.29, 1.82) is 0 Å². The Hall–Kier alpha value is -1.07. The lowest BCUT2D eigenvalue weighted by Gasteiger charge is -2.17. The Morgan fingerprint density at radius 1 is 1.33 bits per heavy atom. The predicted molar refractivity (Wildman–Crippen MR) is 70.3 cm³/mol. The number of halogens is 1. The quantitative estimate of drug-likeness (QED) is 0.903. The lowest BCUT2D eigenvalue weighted by Crippen LogP contribution is -2.35. The van der Waals surface area contributed by atoms with Crippen molar-refractivity contribution in [2.45, 2.75) is 24.9 Å². The molecule has 0 spiro atoms. The Kier molecular flexibility index (Phi) is 4.76. The molecule has 1 rings (SSSR count). The molecular formula is C12H15ClO4S. The summed E-state index contributed by atoms with van der Waals surface area (Å²) >= 11 is 5.88. The summed E-state index contributed by atoms with van der Waals surface area (Å²) in [7, 11) is -3.78. The van der Waals surface area contributed by atoms with Crippen molar-refractivity contribution < 1.29 is 18.3 Å². The summed E-state index contributed by atoms with van der Waals surface area (Å²) < 4.78 is 24.2. The number of carboxylic acids is 1. The minimum absolute atomic E-state index is 0.328. The molecule has 0 aliphatic carbocycles. The molecule has 0 radical (unpaired) electrons. The van der Waals surface area contributed by atoms with E-state index in [1.165, 1.54) is 0 Å². The molecule has 0 aromatic heterocycles. The van der Waals surface area contributed by atoms with Gasteiger partial charge < -0.3 is 5.11 Å². The Morgan fingerprint density at radius 2 is 1.89 bits per heavy atom. The molecule has 0 amide bonds. The van der Waals surface area contributed by atoms with Crippen molar-refractivity contribution in [3.05, 3.63) is 34.9 Å². The maximum Gasteiger partial charge on any atom is 0.322 e. The molecule has 1 aromatic rings. The van der Waals surface area contributed by atoms with Gasteiger partial charge in [0.15, 0.2) is 15.1 Å². The average molecular weight is 291 g/mol. The third kappa shape index (κ3) is 3.46. The van der Waals surface area contributed by atoms with Gasteiger partial charge in [-0.05, 0) is 17.5 Å². The lowest BCUT2D eigenvalue weighted by molar-refractivity contribution is -0.137. The molecular weight excluding hydrogens is 276 g/mol. The van der Waals surface area contributed by atoms with E-state index >= 15 is 0 Å². The third-order valence-electron chi connectivity index (χ3n) is 2.55. The molecule has 0 aliphatic rings. The standard InChI is InChI=1S/C12H15ClO4S/c1-8(2)11(12(14)15)18(16,17)7-9-5-3-4-6-10(9)13/h3-6,8,11H,7H2,1-2H3,(H,14,15). The monoisotopic (exact) mass is 290 g/mol. The topological polar surface area (TPSA) is 71.4 Å². The number of carbonyl (C=O) groups is 1. The SMILES string of the molecule is CC(C)C(C(=O)O)S(=O)(=O)Cc1ccccc1Cl. The second kappa shape index (κ2) is 5.71. The second-order valence-electron chi connectivity index (χ2n) is 4.40. The fourth-order valence-electron chi connectivity index (χ4n) is 1.78. The second-order valence-corrected chi connectivity index (χ2v) is 6.93. The fraction of sp³-hybridized carbons (Fsp3) is 0.417. The maximum atomic E-state index is 12.1. The number of benzene rings is 1. The van der Waals surface area contributed by atoms with E-state index in [-0.39, 0.29) is 5.75 Å². The van der Waals surface area contributed by atoms with Crippen LogP contribution in [0.15, 0.2) is 24.3 Å². The van der Waals surface area contributed by atoms with Crippen molar-refractivity contribution >= 4 is 27.4 Å². The number of rotatable bonds is 5. The molecule has 4 nitrogen and oxygen atoms in total. The number of carboxylic acid groups (broad SMARTS) is 1. The zero-order chi connectivity index (χ0) is 13.9. The number of hydrogen-bond acceptors (Lipinski definition) is 3. The number of sulfone groups is 1. The molecule has 6 heteroatoms. The van der Waals surface area contributed by atoms with Gasteiger partial charge in [-0.15, -0.1) is 0 Å². The van der Waals surface area contributed by atoms with Crippen molar-refractivity contribution in [2.24, 2.45) is 5.92 Å². The summed E-state index contributed by atoms with van der Waals surface area (Å²) in [5, 5.41) is 7.93. The highest BCUT2D eigenvalue weighted by Gasteiger charge is 2.35. The Labute approximate surface area is 112 Å². The molecule has 0 saturated carbocycles. The van der Waals surface area contributed by atoms with Crippen LogP contribution in [-0.2, 0) is 20.4 Å². The molecule has 0 bridgehead atoms. The predicted octanol–water partition coefficient (Wildman–Crippen LogP) is 2.36. The van der Waals surface area contributed by atoms with E-state index in [0.29, 0.717) is 10.6 Å². The molecule has 100 valence electrons. The highest BCUT2D eigenvalue weighted by Crippen LogP contribution is 2.22. The summed E-state index contributed by atoms with van der Waals surface area (Å²) in [4.78, 5) is 11.1. The molecule has 1 aromatic carbocycles. The smallest absolute Gasteiger partial charge is 0.322 e. The maximum absolute atomic E-state index is 12.1. The first-order valence-electron chi connectivity index (χ1n) is 5.43. The molecule has 0 heterocycles. The average Bonchev–Trinajstić information content (AvgIpc) is 2.19. The zero-order valence-corrected chi connectivity index (χ0v) is 11.7. The van der Waals surface area contributed by atoms with Gasteiger partial charge in [0, 0.05) is 5.02 Å². The van der Waals surface area contributed by atoms with Crippen LogP contribution in [0.1, 0.15) is 19.4 Å². The van der Waals surface area contributed by atoms with Crippen LogP contribution in [-0.4, -0.2) is 24.7 Å². The summed E-state index contributed by atoms with van der Waals surface area (Å²) in [6.07, 6.45) is 0. The van der Waals surface area contributed by atoms with Gasteiger partial charge in [-0.1, -0.05) is 43.6 Å². The van der Waals surface area contributed by atoms with E-state index < -0.39 is 27.0 Å². The van der Waals surface area contributed by atoms with Crippen LogP contribution in [0.4, 0.5) is 0 Å². The Morgan fingerprint density at radius 3 is 2.33 bits per heavy atom. The first-order valence-corrected chi connectivity index (χ1v) is 7.53. The van der Waals surface area contributed by atoms with Crippen LogP contribution in [0.2, 0.25) is 5.02 Å². The van der Waals surface area contributed by atoms with Gasteiger partial charge in [-0.25, -0.2) is 8.42 Å². The lowest BCUT2D eigenvalue weighted by atomic mass is 10.1. The van der Waals surface area contributed by atoms with E-state index in [2.05, 4.69) is 0 Å². The van der Waals surface area contributed by atoms with E-state index in [0.717, 1.165) is 0 Å². The van der Waals surface area contributed by atoms with Crippen LogP contribution in [0.3, 0.4) is 0 Å². The van der Waals surface area contributed by atoms with Gasteiger partial charge in [-0.3, -0.25) is 4.79 Å². The van der Waals surface area contributed by atoms with E-state index in [1.807, 2.05) is 0 Å². The minimum Gasteiger partial charge on any atom is -0.480 e. The van der Waals surface area contributed by atoms with Crippen LogP contribution in [0.5, 0.6) is 0 Å². The minimum atomic E-state index is -3.78. The summed E-state index contributed by atoms with van der Waals surface area (Å²) in [6, 6.07) is 6.52. The van der Waals surface area contributed by atoms with Crippen molar-refractivity contribution in [3.8, 4) is 0 Å². The third-order valence-corrected chi connectivity index (χ3v) is 5.15. The van der Waals surface area contributed by atoms with Gasteiger partial charge in [0.05, 0.1) is 5.75 Å². The number of hydrogen-bond donors (Lipinski definition) is 1. The highest BCUT2D eigenvalue weighted by atomic mass is 35.5. The van der Waals surface area contributed by atoms with E-state index in [1.54, 1.807) is 38.1 Å². The molecule has 1 atom stereocenters. The Balaban J connectivity index is 3.08. The summed E-state index contributed by atoms with van der Waals surface area (Å²) in [5.74, 6) is -2.17. The Bertz CT molecular complexity index is 537. The fourth-order valence-corrected chi connectivity index (χ4v) is 4.06. The molecule has 0 saturated heterocycles. The molecule has 0 fully saturated rings. The van der Waals surface area contributed by atoms with Gasteiger partial charge in [0.25, 0.3) is 0 Å². The molecule has 0 aliphatic heterocycles. The highest BCUT2D eigenvalue weighted by molar-refractivity contribution is 7.92. The normalized spacial score (nSPS) is 13.6. The van der Waals surface area contributed by atoms with Gasteiger partial charge in [0.1, 0.15) is 0 Å². The zero-order valence-electron chi connectivity index (χ0n) is 10.1. The van der Waals surface area contributed by atoms with Crippen LogP contribution in [0, 0.1) is 5.92 Å². The molecule has 1 unspecified atom stereocenters. The van der Waals surface area contributed by atoms with Gasteiger partial charge >= 0.3 is 5.97 Å². The first-order chi connectivity index (χ1) is 8.25. The molecule has 18 heavy (non-hydrogen) atoms.